The van der Waals surface area contributed by atoms with Gasteiger partial charge in [-0.3, -0.25) is 14.6 Å². The summed E-state index contributed by atoms with van der Waals surface area (Å²) in [6.07, 6.45) is 0.876. The Hall–Kier alpha value is -2.75. The van der Waals surface area contributed by atoms with Crippen LogP contribution in [0.4, 0.5) is 5.69 Å². The number of ether oxygens (including phenoxy) is 1. The van der Waals surface area contributed by atoms with Crippen LogP contribution < -0.4 is 32.6 Å². The highest BCUT2D eigenvalue weighted by Gasteiger charge is 2.20. The fourth-order valence-electron chi connectivity index (χ4n) is 2.77. The molecule has 0 spiro atoms. The first-order chi connectivity index (χ1) is 13.4. The van der Waals surface area contributed by atoms with E-state index in [4.69, 9.17) is 21.9 Å². The number of carbonyl (C=O) groups is 2. The summed E-state index contributed by atoms with van der Waals surface area (Å²) >= 11 is 0. The maximum atomic E-state index is 12.7. The topological polar surface area (TPSA) is 158 Å². The van der Waals surface area contributed by atoms with Gasteiger partial charge in [0.15, 0.2) is 5.96 Å². The van der Waals surface area contributed by atoms with E-state index in [0.29, 0.717) is 30.8 Å². The third-order valence-corrected chi connectivity index (χ3v) is 4.09. The quantitative estimate of drug-likeness (QED) is 0.215. The van der Waals surface area contributed by atoms with Gasteiger partial charge in [0, 0.05) is 23.7 Å². The van der Waals surface area contributed by atoms with Crippen molar-refractivity contribution in [1.29, 1.82) is 0 Å². The predicted molar refractivity (Wildman–Crippen MR) is 125 cm³/mol. The number of nitrogens with zero attached hydrogens (tertiary/aromatic N) is 1. The number of guanidine groups is 1. The lowest BCUT2D eigenvalue weighted by atomic mass is 10.1. The van der Waals surface area contributed by atoms with Gasteiger partial charge < -0.3 is 32.6 Å². The van der Waals surface area contributed by atoms with Gasteiger partial charge in [0.2, 0.25) is 11.8 Å². The highest BCUT2D eigenvalue weighted by atomic mass is 35.5. The average Bonchev–Trinajstić information content (AvgIpc) is 2.69. The number of fused-ring (bicyclic) bond motifs is 1. The minimum Gasteiger partial charge on any atom is -0.496 e. The van der Waals surface area contributed by atoms with Crippen molar-refractivity contribution in [3.05, 3.63) is 36.4 Å². The second kappa shape index (κ2) is 13.5. The van der Waals surface area contributed by atoms with Crippen LogP contribution in [0.1, 0.15) is 12.8 Å². The fraction of sp³-hybridized carbons (Fsp3) is 0.316. The zero-order valence-corrected chi connectivity index (χ0v) is 18.2. The van der Waals surface area contributed by atoms with Crippen LogP contribution in [0.15, 0.2) is 41.4 Å². The van der Waals surface area contributed by atoms with Gasteiger partial charge >= 0.3 is 0 Å². The van der Waals surface area contributed by atoms with E-state index in [1.165, 1.54) is 0 Å². The monoisotopic (exact) mass is 458 g/mol. The van der Waals surface area contributed by atoms with E-state index in [1.54, 1.807) is 13.2 Å². The molecular weight excluding hydrogens is 431 g/mol. The largest absolute Gasteiger partial charge is 0.496 e. The standard InChI is InChI=1S/C19H26N6O3.2ClH/c1-28-16-10-13(9-12-5-2-3-6-14(12)16)24-18(27)15(25-17(26)11-20)7-4-8-23-19(21)22;;/h2-3,5-6,9-10,15H,4,7-8,11,20H2,1H3,(H,24,27)(H,25,26)(H4,21,22,23);2*1H/t15-;;/m0../s1. The van der Waals surface area contributed by atoms with Crippen LogP contribution in [0.25, 0.3) is 10.8 Å². The van der Waals surface area contributed by atoms with Crippen LogP contribution in [0, 0.1) is 0 Å². The molecule has 0 fully saturated rings. The Morgan fingerprint density at radius 2 is 1.87 bits per heavy atom. The lowest BCUT2D eigenvalue weighted by Crippen LogP contribution is -2.46. The maximum absolute atomic E-state index is 12.7. The number of aliphatic imine (C=N–C) groups is 1. The second-order valence-corrected chi connectivity index (χ2v) is 6.16. The van der Waals surface area contributed by atoms with Gasteiger partial charge in [0.05, 0.1) is 13.7 Å². The Bertz CT molecular complexity index is 874. The Morgan fingerprint density at radius 1 is 1.17 bits per heavy atom. The number of hydrogen-bond donors (Lipinski definition) is 5. The average molecular weight is 459 g/mol. The molecule has 0 aliphatic carbocycles. The first-order valence-corrected chi connectivity index (χ1v) is 8.87. The smallest absolute Gasteiger partial charge is 0.246 e. The van der Waals surface area contributed by atoms with Crippen molar-refractivity contribution < 1.29 is 14.3 Å². The normalized spacial score (nSPS) is 10.7. The summed E-state index contributed by atoms with van der Waals surface area (Å²) in [5.41, 5.74) is 16.5. The van der Waals surface area contributed by atoms with Gasteiger partial charge in [0.1, 0.15) is 11.8 Å². The van der Waals surface area contributed by atoms with Gasteiger partial charge in [-0.05, 0) is 24.3 Å². The van der Waals surface area contributed by atoms with Gasteiger partial charge in [-0.25, -0.2) is 0 Å². The molecule has 0 aliphatic heterocycles. The Morgan fingerprint density at radius 3 is 2.50 bits per heavy atom. The molecule has 30 heavy (non-hydrogen) atoms. The van der Waals surface area contributed by atoms with Crippen molar-refractivity contribution in [1.82, 2.24) is 5.32 Å². The van der Waals surface area contributed by atoms with Crippen LogP contribution in [0.2, 0.25) is 0 Å². The number of hydrogen-bond acceptors (Lipinski definition) is 5. The van der Waals surface area contributed by atoms with Gasteiger partial charge in [0.25, 0.3) is 0 Å². The molecular formula is C19H28Cl2N6O3. The number of rotatable bonds is 9. The maximum Gasteiger partial charge on any atom is 0.246 e. The van der Waals surface area contributed by atoms with Crippen molar-refractivity contribution in [2.75, 3.05) is 25.5 Å². The molecule has 2 aromatic carbocycles. The Balaban J connectivity index is 0.00000420. The summed E-state index contributed by atoms with van der Waals surface area (Å²) in [6, 6.07) is 10.5. The van der Waals surface area contributed by atoms with Crippen LogP contribution >= 0.6 is 24.8 Å². The van der Waals surface area contributed by atoms with E-state index in [1.807, 2.05) is 30.3 Å². The zero-order chi connectivity index (χ0) is 20.5. The van der Waals surface area contributed by atoms with Crippen molar-refractivity contribution >= 4 is 59.0 Å². The predicted octanol–water partition coefficient (Wildman–Crippen LogP) is 1.13. The van der Waals surface area contributed by atoms with E-state index in [-0.39, 0.29) is 43.2 Å². The molecule has 11 heteroatoms. The summed E-state index contributed by atoms with van der Waals surface area (Å²) in [7, 11) is 1.57. The third kappa shape index (κ3) is 7.94. The molecule has 0 saturated heterocycles. The summed E-state index contributed by atoms with van der Waals surface area (Å²) in [4.78, 5) is 28.3. The number of halogens is 2. The molecule has 2 aromatic rings. The van der Waals surface area contributed by atoms with E-state index < -0.39 is 11.9 Å². The molecule has 9 nitrogen and oxygen atoms in total. The molecule has 0 saturated carbocycles. The molecule has 1 atom stereocenters. The lowest BCUT2D eigenvalue weighted by molar-refractivity contribution is -0.125. The molecule has 0 heterocycles. The molecule has 166 valence electrons. The van der Waals surface area contributed by atoms with Crippen LogP contribution in [0.5, 0.6) is 5.75 Å². The van der Waals surface area contributed by atoms with Gasteiger partial charge in [-0.2, -0.15) is 0 Å². The number of nitrogens with two attached hydrogens (primary N) is 3. The minimum atomic E-state index is -0.761. The third-order valence-electron chi connectivity index (χ3n) is 4.09. The molecule has 0 aliphatic rings. The molecule has 2 rings (SSSR count). The number of benzene rings is 2. The van der Waals surface area contributed by atoms with E-state index in [0.717, 1.165) is 10.8 Å². The summed E-state index contributed by atoms with van der Waals surface area (Å²) in [6.45, 7) is 0.149. The van der Waals surface area contributed by atoms with E-state index >= 15 is 0 Å². The highest BCUT2D eigenvalue weighted by molar-refractivity contribution is 6.00. The SMILES string of the molecule is COc1cc(NC(=O)[C@H](CCCN=C(N)N)NC(=O)CN)cc2ccccc12.Cl.Cl. The second-order valence-electron chi connectivity index (χ2n) is 6.16. The summed E-state index contributed by atoms with van der Waals surface area (Å²) < 4.78 is 5.42. The number of amides is 2. The molecule has 8 N–H and O–H groups in total. The molecule has 2 amide bonds. The Kier molecular flexibility index (Phi) is 12.2. The molecule has 0 bridgehead atoms. The zero-order valence-electron chi connectivity index (χ0n) is 16.6. The molecule has 0 radical (unpaired) electrons. The fourth-order valence-corrected chi connectivity index (χ4v) is 2.77. The van der Waals surface area contributed by atoms with Crippen LogP contribution in [0.3, 0.4) is 0 Å². The number of carbonyl (C=O) groups excluding carboxylic acids is 2. The Labute approximate surface area is 187 Å². The van der Waals surface area contributed by atoms with Crippen molar-refractivity contribution in [3.8, 4) is 5.75 Å². The first-order valence-electron chi connectivity index (χ1n) is 8.87. The van der Waals surface area contributed by atoms with Crippen LogP contribution in [-0.4, -0.2) is 44.0 Å². The van der Waals surface area contributed by atoms with Crippen molar-refractivity contribution in [2.45, 2.75) is 18.9 Å². The minimum absolute atomic E-state index is 0. The molecule has 0 unspecified atom stereocenters. The summed E-state index contributed by atoms with van der Waals surface area (Å²) in [5.74, 6) is -0.152. The number of anilines is 1. The van der Waals surface area contributed by atoms with Gasteiger partial charge in [-0.15, -0.1) is 24.8 Å². The lowest BCUT2D eigenvalue weighted by Gasteiger charge is -2.18. The molecule has 0 aromatic heterocycles. The van der Waals surface area contributed by atoms with E-state index in [9.17, 15) is 9.59 Å². The van der Waals surface area contributed by atoms with Gasteiger partial charge in [-0.1, -0.05) is 24.3 Å². The van der Waals surface area contributed by atoms with E-state index in [2.05, 4.69) is 15.6 Å². The number of methoxy groups -OCH3 is 1. The number of nitrogens with one attached hydrogen (secondary N) is 2. The first kappa shape index (κ1) is 27.2. The van der Waals surface area contributed by atoms with Crippen LogP contribution in [-0.2, 0) is 9.59 Å². The highest BCUT2D eigenvalue weighted by Crippen LogP contribution is 2.29. The van der Waals surface area contributed by atoms with Crippen molar-refractivity contribution in [3.63, 3.8) is 0 Å². The van der Waals surface area contributed by atoms with Crippen molar-refractivity contribution in [2.24, 2.45) is 22.2 Å². The summed E-state index contributed by atoms with van der Waals surface area (Å²) in [5, 5.41) is 7.31.